The molecule has 1 aliphatic rings. The number of unbranched alkanes of at least 4 members (excludes halogenated alkanes) is 1. The van der Waals surface area contributed by atoms with Gasteiger partial charge in [0.2, 0.25) is 0 Å². The zero-order valence-corrected chi connectivity index (χ0v) is 23.2. The van der Waals surface area contributed by atoms with Crippen LogP contribution in [-0.4, -0.2) is 30.4 Å². The van der Waals surface area contributed by atoms with Gasteiger partial charge in [-0.1, -0.05) is 50.9 Å². The Morgan fingerprint density at radius 3 is 2.20 bits per heavy atom. The fraction of sp³-hybridized carbons (Fsp3) is 0.226. The molecular weight excluding hydrogens is 532 g/mol. The second kappa shape index (κ2) is 12.6. The Hall–Kier alpha value is -4.43. The Morgan fingerprint density at radius 2 is 1.55 bits per heavy atom. The molecule has 0 unspecified atom stereocenters. The number of ether oxygens (including phenoxy) is 2. The third-order valence-corrected chi connectivity index (χ3v) is 6.60. The van der Waals surface area contributed by atoms with Crippen LogP contribution in [0.1, 0.15) is 65.8 Å². The topological polar surface area (TPSA) is 102 Å². The number of carbonyl (C=O) groups excluding carboxylic acids is 4. The largest absolute Gasteiger partial charge is 0.462 e. The highest BCUT2D eigenvalue weighted by Crippen LogP contribution is 2.30. The van der Waals surface area contributed by atoms with Crippen molar-refractivity contribution >= 4 is 46.7 Å². The number of nitrogens with one attached hydrogen (secondary N) is 1. The normalized spacial score (nSPS) is 13.2. The van der Waals surface area contributed by atoms with Gasteiger partial charge in [-0.15, -0.1) is 0 Å². The van der Waals surface area contributed by atoms with Gasteiger partial charge in [-0.3, -0.25) is 9.59 Å². The minimum absolute atomic E-state index is 0.101. The molecule has 0 radical (unpaired) electrons. The zero-order valence-electron chi connectivity index (χ0n) is 22.4. The van der Waals surface area contributed by atoms with E-state index < -0.39 is 23.8 Å². The summed E-state index contributed by atoms with van der Waals surface area (Å²) in [7, 11) is 0. The van der Waals surface area contributed by atoms with E-state index in [9.17, 15) is 19.2 Å². The minimum atomic E-state index is -0.698. The predicted molar refractivity (Wildman–Crippen MR) is 153 cm³/mol. The molecule has 1 heterocycles. The molecule has 0 fully saturated rings. The summed E-state index contributed by atoms with van der Waals surface area (Å²) in [6.07, 6.45) is 1.67. The molecule has 0 atom stereocenters. The number of hydrogen-bond acceptors (Lipinski definition) is 7. The summed E-state index contributed by atoms with van der Waals surface area (Å²) in [5.74, 6) is -1.61. The van der Waals surface area contributed by atoms with Gasteiger partial charge in [0, 0.05) is 5.69 Å². The lowest BCUT2D eigenvalue weighted by atomic mass is 10.0. The van der Waals surface area contributed by atoms with Crippen molar-refractivity contribution in [1.29, 1.82) is 0 Å². The van der Waals surface area contributed by atoms with E-state index in [1.54, 1.807) is 30.3 Å². The molecule has 2 amide bonds. The van der Waals surface area contributed by atoms with Crippen LogP contribution in [0, 0.1) is 0 Å². The van der Waals surface area contributed by atoms with Gasteiger partial charge in [0.1, 0.15) is 16.5 Å². The van der Waals surface area contributed by atoms with Gasteiger partial charge in [-0.2, -0.15) is 0 Å². The summed E-state index contributed by atoms with van der Waals surface area (Å²) < 4.78 is 10.7. The number of anilines is 2. The van der Waals surface area contributed by atoms with Gasteiger partial charge >= 0.3 is 11.9 Å². The average molecular weight is 561 g/mol. The molecule has 40 heavy (non-hydrogen) atoms. The first-order chi connectivity index (χ1) is 19.2. The lowest BCUT2D eigenvalue weighted by Gasteiger charge is -2.15. The van der Waals surface area contributed by atoms with Crippen molar-refractivity contribution in [3.63, 3.8) is 0 Å². The van der Waals surface area contributed by atoms with Crippen LogP contribution in [0.3, 0.4) is 0 Å². The summed E-state index contributed by atoms with van der Waals surface area (Å²) in [4.78, 5) is 51.6. The van der Waals surface area contributed by atoms with Crippen molar-refractivity contribution in [2.24, 2.45) is 0 Å². The van der Waals surface area contributed by atoms with Gasteiger partial charge < -0.3 is 14.8 Å². The Bertz CT molecular complexity index is 1460. The van der Waals surface area contributed by atoms with Crippen LogP contribution in [0.2, 0.25) is 0 Å². The molecule has 8 nitrogen and oxygen atoms in total. The van der Waals surface area contributed by atoms with E-state index >= 15 is 0 Å². The molecular formula is C31H29ClN2O6. The number of rotatable bonds is 10. The van der Waals surface area contributed by atoms with E-state index in [-0.39, 0.29) is 16.4 Å². The monoisotopic (exact) mass is 560 g/mol. The molecule has 0 aliphatic carbocycles. The molecule has 3 aromatic carbocycles. The molecule has 9 heteroatoms. The Kier molecular flexibility index (Phi) is 9.01. The number of nitrogens with zero attached hydrogens (tertiary/aromatic N) is 1. The number of halogens is 1. The Morgan fingerprint density at radius 1 is 0.900 bits per heavy atom. The molecule has 4 rings (SSSR count). The second-order valence-electron chi connectivity index (χ2n) is 9.49. The number of esters is 2. The number of benzene rings is 3. The molecule has 0 aromatic heterocycles. The van der Waals surface area contributed by atoms with Gasteiger partial charge in [0.25, 0.3) is 11.8 Å². The highest BCUT2D eigenvalue weighted by atomic mass is 35.5. The lowest BCUT2D eigenvalue weighted by molar-refractivity contribution is -0.120. The van der Waals surface area contributed by atoms with E-state index in [0.717, 1.165) is 23.3 Å². The van der Waals surface area contributed by atoms with E-state index in [1.807, 2.05) is 25.1 Å². The molecule has 0 spiro atoms. The molecule has 0 saturated carbocycles. The van der Waals surface area contributed by atoms with Crippen LogP contribution < -0.4 is 15.0 Å². The van der Waals surface area contributed by atoms with E-state index in [1.165, 1.54) is 24.3 Å². The smallest absolute Gasteiger partial charge is 0.343 e. The van der Waals surface area contributed by atoms with Gasteiger partial charge in [0.15, 0.2) is 0 Å². The summed E-state index contributed by atoms with van der Waals surface area (Å²) in [5.41, 5.74) is 2.28. The SMILES string of the molecule is CCCCOC(=O)c1ccc(N2C(=O)C(Cl)=C(Nc3ccc(C(=O)Oc4cccc(C(C)C)c4)cc3)C2=O)cc1. The summed E-state index contributed by atoms with van der Waals surface area (Å²) in [6.45, 7) is 6.43. The van der Waals surface area contributed by atoms with E-state index in [0.29, 0.717) is 35.1 Å². The Labute approximate surface area is 237 Å². The Balaban J connectivity index is 1.41. The predicted octanol–water partition coefficient (Wildman–Crippen LogP) is 6.42. The summed E-state index contributed by atoms with van der Waals surface area (Å²) >= 11 is 6.23. The molecule has 1 N–H and O–H groups in total. The van der Waals surface area contributed by atoms with E-state index in [4.69, 9.17) is 21.1 Å². The fourth-order valence-electron chi connectivity index (χ4n) is 3.92. The summed E-state index contributed by atoms with van der Waals surface area (Å²) in [5, 5.41) is 2.60. The first kappa shape index (κ1) is 28.6. The van der Waals surface area contributed by atoms with Crippen LogP contribution in [0.15, 0.2) is 83.5 Å². The van der Waals surface area contributed by atoms with Crippen LogP contribution in [0.5, 0.6) is 5.75 Å². The number of amides is 2. The fourth-order valence-corrected chi connectivity index (χ4v) is 4.13. The third-order valence-electron chi connectivity index (χ3n) is 6.24. The number of hydrogen-bond donors (Lipinski definition) is 1. The van der Waals surface area contributed by atoms with Crippen LogP contribution >= 0.6 is 11.6 Å². The zero-order chi connectivity index (χ0) is 28.8. The second-order valence-corrected chi connectivity index (χ2v) is 9.87. The molecule has 206 valence electrons. The lowest BCUT2D eigenvalue weighted by Crippen LogP contribution is -2.32. The van der Waals surface area contributed by atoms with E-state index in [2.05, 4.69) is 19.2 Å². The standard InChI is InChI=1S/C31H29ClN2O6/c1-4-5-17-39-30(37)20-11-15-24(16-12-20)34-28(35)26(32)27(29(34)36)33-23-13-9-21(10-14-23)31(38)40-25-8-6-7-22(18-25)19(2)3/h6-16,18-19,33H,4-5,17H2,1-3H3. The average Bonchev–Trinajstić information content (AvgIpc) is 3.16. The maximum absolute atomic E-state index is 13.1. The number of carbonyl (C=O) groups is 4. The van der Waals surface area contributed by atoms with Crippen molar-refractivity contribution in [1.82, 2.24) is 0 Å². The highest BCUT2D eigenvalue weighted by Gasteiger charge is 2.39. The minimum Gasteiger partial charge on any atom is -0.462 e. The van der Waals surface area contributed by atoms with Crippen LogP contribution in [0.25, 0.3) is 0 Å². The quantitative estimate of drug-likeness (QED) is 0.132. The highest BCUT2D eigenvalue weighted by molar-refractivity contribution is 6.53. The van der Waals surface area contributed by atoms with Gasteiger partial charge in [-0.05, 0) is 78.6 Å². The van der Waals surface area contributed by atoms with Gasteiger partial charge in [0.05, 0.1) is 23.4 Å². The van der Waals surface area contributed by atoms with Crippen molar-refractivity contribution < 1.29 is 28.7 Å². The molecule has 0 bridgehead atoms. The first-order valence-corrected chi connectivity index (χ1v) is 13.3. The van der Waals surface area contributed by atoms with Gasteiger partial charge in [-0.25, -0.2) is 14.5 Å². The summed E-state index contributed by atoms with van der Waals surface area (Å²) in [6, 6.07) is 19.5. The van der Waals surface area contributed by atoms with Crippen molar-refractivity contribution in [3.05, 3.63) is 100 Å². The van der Waals surface area contributed by atoms with Crippen molar-refractivity contribution in [3.8, 4) is 5.75 Å². The molecule has 0 saturated heterocycles. The maximum Gasteiger partial charge on any atom is 0.343 e. The third kappa shape index (κ3) is 6.40. The van der Waals surface area contributed by atoms with Crippen LogP contribution in [0.4, 0.5) is 11.4 Å². The first-order valence-electron chi connectivity index (χ1n) is 12.9. The van der Waals surface area contributed by atoms with Crippen molar-refractivity contribution in [2.75, 3.05) is 16.8 Å². The van der Waals surface area contributed by atoms with Crippen LogP contribution in [-0.2, 0) is 14.3 Å². The molecule has 3 aromatic rings. The van der Waals surface area contributed by atoms with Crippen molar-refractivity contribution in [2.45, 2.75) is 39.5 Å². The number of imide groups is 1. The molecule has 1 aliphatic heterocycles. The maximum atomic E-state index is 13.1.